The highest BCUT2D eigenvalue weighted by molar-refractivity contribution is 5.76. The molecule has 0 saturated heterocycles. The van der Waals surface area contributed by atoms with Gasteiger partial charge in [-0.25, -0.2) is 0 Å². The lowest BCUT2D eigenvalue weighted by molar-refractivity contribution is -0.121. The molecule has 1 N–H and O–H groups in total. The first-order chi connectivity index (χ1) is 11.3. The van der Waals surface area contributed by atoms with E-state index in [0.29, 0.717) is 43.4 Å². The Hall–Kier alpha value is -2.17. The smallest absolute Gasteiger partial charge is 0.231 e. The van der Waals surface area contributed by atoms with Crippen LogP contribution in [0.3, 0.4) is 0 Å². The Morgan fingerprint density at radius 2 is 2.00 bits per heavy atom. The number of nitrogens with zero attached hydrogens (tertiary/aromatic N) is 2. The summed E-state index contributed by atoms with van der Waals surface area (Å²) in [6.45, 7) is 0.565. The Bertz CT molecular complexity index is 618. The van der Waals surface area contributed by atoms with E-state index in [-0.39, 0.29) is 5.91 Å². The van der Waals surface area contributed by atoms with Crippen LogP contribution >= 0.6 is 0 Å². The molecule has 1 aliphatic rings. The summed E-state index contributed by atoms with van der Waals surface area (Å²) in [7, 11) is 0. The van der Waals surface area contributed by atoms with Gasteiger partial charge in [0.05, 0.1) is 6.42 Å². The molecule has 0 radical (unpaired) electrons. The number of carbonyl (C=O) groups excluding carboxylic acids is 1. The summed E-state index contributed by atoms with van der Waals surface area (Å²) in [4.78, 5) is 16.2. The average molecular weight is 313 g/mol. The van der Waals surface area contributed by atoms with Crippen molar-refractivity contribution >= 4 is 5.91 Å². The van der Waals surface area contributed by atoms with Crippen molar-refractivity contribution in [1.29, 1.82) is 0 Å². The predicted molar refractivity (Wildman–Crippen MR) is 86.8 cm³/mol. The molecule has 1 aromatic heterocycles. The van der Waals surface area contributed by atoms with Crippen molar-refractivity contribution in [1.82, 2.24) is 15.5 Å². The van der Waals surface area contributed by atoms with Crippen molar-refractivity contribution in [3.63, 3.8) is 0 Å². The third-order valence-electron chi connectivity index (χ3n) is 4.33. The third-order valence-corrected chi connectivity index (χ3v) is 4.33. The number of amides is 1. The van der Waals surface area contributed by atoms with E-state index in [0.717, 1.165) is 5.56 Å². The second-order valence-electron chi connectivity index (χ2n) is 6.22. The molecule has 1 amide bonds. The van der Waals surface area contributed by atoms with E-state index in [2.05, 4.69) is 15.5 Å². The summed E-state index contributed by atoms with van der Waals surface area (Å²) in [6.07, 6.45) is 6.83. The summed E-state index contributed by atoms with van der Waals surface area (Å²) in [5.74, 6) is 1.99. The van der Waals surface area contributed by atoms with Crippen LogP contribution in [0.2, 0.25) is 0 Å². The summed E-state index contributed by atoms with van der Waals surface area (Å²) in [5.41, 5.74) is 1.15. The zero-order valence-electron chi connectivity index (χ0n) is 13.3. The number of carbonyl (C=O) groups is 1. The molecule has 3 rings (SSSR count). The van der Waals surface area contributed by atoms with Crippen LogP contribution in [0, 0.1) is 5.92 Å². The topological polar surface area (TPSA) is 68.0 Å². The lowest BCUT2D eigenvalue weighted by Gasteiger charge is -2.08. The minimum absolute atomic E-state index is 0.143. The van der Waals surface area contributed by atoms with Crippen LogP contribution in [0.15, 0.2) is 34.9 Å². The number of rotatable bonds is 7. The number of aromatic nitrogens is 2. The van der Waals surface area contributed by atoms with Gasteiger partial charge in [0.1, 0.15) is 0 Å². The van der Waals surface area contributed by atoms with E-state index in [1.807, 2.05) is 30.3 Å². The second kappa shape index (κ2) is 7.90. The van der Waals surface area contributed by atoms with E-state index >= 15 is 0 Å². The Labute approximate surface area is 136 Å². The molecule has 5 nitrogen and oxygen atoms in total. The fourth-order valence-electron chi connectivity index (χ4n) is 3.10. The first-order valence-corrected chi connectivity index (χ1v) is 8.41. The first kappa shape index (κ1) is 15.7. The highest BCUT2D eigenvalue weighted by Crippen LogP contribution is 2.27. The molecule has 122 valence electrons. The van der Waals surface area contributed by atoms with Crippen LogP contribution in [0.1, 0.15) is 49.4 Å². The number of benzene rings is 1. The van der Waals surface area contributed by atoms with Gasteiger partial charge < -0.3 is 9.84 Å². The lowest BCUT2D eigenvalue weighted by Crippen LogP contribution is -2.27. The summed E-state index contributed by atoms with van der Waals surface area (Å²) in [5, 5.41) is 6.93. The monoisotopic (exact) mass is 313 g/mol. The van der Waals surface area contributed by atoms with Crippen LogP contribution < -0.4 is 5.32 Å². The molecule has 1 aliphatic carbocycles. The van der Waals surface area contributed by atoms with Gasteiger partial charge in [0.2, 0.25) is 11.8 Å². The number of hydrogen-bond donors (Lipinski definition) is 1. The standard InChI is InChI=1S/C18H23N3O2/c22-17(12-14-8-4-5-9-14)19-11-10-16-20-18(23-21-16)13-15-6-2-1-3-7-15/h1-3,6-7,14H,4-5,8-13H2,(H,19,22). The van der Waals surface area contributed by atoms with Gasteiger partial charge in [-0.1, -0.05) is 48.3 Å². The zero-order chi connectivity index (χ0) is 15.9. The Kier molecular flexibility index (Phi) is 5.40. The number of nitrogens with one attached hydrogen (secondary N) is 1. The van der Waals surface area contributed by atoms with Gasteiger partial charge in [-0.3, -0.25) is 4.79 Å². The van der Waals surface area contributed by atoms with E-state index < -0.39 is 0 Å². The van der Waals surface area contributed by atoms with Gasteiger partial charge in [-0.05, 0) is 24.3 Å². The number of hydrogen-bond acceptors (Lipinski definition) is 4. The molecule has 1 saturated carbocycles. The SMILES string of the molecule is O=C(CC1CCCC1)NCCc1noc(Cc2ccccc2)n1. The molecular formula is C18H23N3O2. The molecule has 5 heteroatoms. The highest BCUT2D eigenvalue weighted by atomic mass is 16.5. The fraction of sp³-hybridized carbons (Fsp3) is 0.500. The fourth-order valence-corrected chi connectivity index (χ4v) is 3.10. The van der Waals surface area contributed by atoms with Gasteiger partial charge in [0, 0.05) is 19.4 Å². The molecule has 1 aromatic carbocycles. The second-order valence-corrected chi connectivity index (χ2v) is 6.22. The molecular weight excluding hydrogens is 290 g/mol. The van der Waals surface area contributed by atoms with E-state index in [9.17, 15) is 4.79 Å². The third kappa shape index (κ3) is 4.91. The average Bonchev–Trinajstić information content (AvgIpc) is 3.21. The predicted octanol–water partition coefficient (Wildman–Crippen LogP) is 2.90. The summed E-state index contributed by atoms with van der Waals surface area (Å²) < 4.78 is 5.26. The van der Waals surface area contributed by atoms with Crippen molar-refractivity contribution < 1.29 is 9.32 Å². The molecule has 1 heterocycles. The highest BCUT2D eigenvalue weighted by Gasteiger charge is 2.18. The van der Waals surface area contributed by atoms with Crippen molar-refractivity contribution in [3.8, 4) is 0 Å². The van der Waals surface area contributed by atoms with Crippen molar-refractivity contribution in [2.24, 2.45) is 5.92 Å². The van der Waals surface area contributed by atoms with Crippen LogP contribution in [0.25, 0.3) is 0 Å². The zero-order valence-corrected chi connectivity index (χ0v) is 13.3. The minimum atomic E-state index is 0.143. The first-order valence-electron chi connectivity index (χ1n) is 8.41. The summed E-state index contributed by atoms with van der Waals surface area (Å²) >= 11 is 0. The van der Waals surface area contributed by atoms with Gasteiger partial charge in [0.15, 0.2) is 5.82 Å². The minimum Gasteiger partial charge on any atom is -0.356 e. The van der Waals surface area contributed by atoms with Crippen molar-refractivity contribution in [2.75, 3.05) is 6.54 Å². The van der Waals surface area contributed by atoms with Crippen LogP contribution in [0.4, 0.5) is 0 Å². The Morgan fingerprint density at radius 3 is 2.78 bits per heavy atom. The molecule has 0 unspecified atom stereocenters. The molecule has 0 bridgehead atoms. The maximum Gasteiger partial charge on any atom is 0.231 e. The largest absolute Gasteiger partial charge is 0.356 e. The van der Waals surface area contributed by atoms with Crippen molar-refractivity contribution in [3.05, 3.63) is 47.6 Å². The van der Waals surface area contributed by atoms with E-state index in [4.69, 9.17) is 4.52 Å². The quantitative estimate of drug-likeness (QED) is 0.853. The lowest BCUT2D eigenvalue weighted by atomic mass is 10.0. The maximum atomic E-state index is 11.9. The summed E-state index contributed by atoms with van der Waals surface area (Å²) in [6, 6.07) is 10.0. The molecule has 23 heavy (non-hydrogen) atoms. The van der Waals surface area contributed by atoms with Crippen LogP contribution in [-0.4, -0.2) is 22.6 Å². The normalized spacial score (nSPS) is 15.0. The van der Waals surface area contributed by atoms with Crippen LogP contribution in [-0.2, 0) is 17.6 Å². The van der Waals surface area contributed by atoms with Gasteiger partial charge >= 0.3 is 0 Å². The molecule has 0 aliphatic heterocycles. The molecule has 0 atom stereocenters. The van der Waals surface area contributed by atoms with Crippen LogP contribution in [0.5, 0.6) is 0 Å². The van der Waals surface area contributed by atoms with E-state index in [1.54, 1.807) is 0 Å². The van der Waals surface area contributed by atoms with Gasteiger partial charge in [-0.15, -0.1) is 0 Å². The van der Waals surface area contributed by atoms with Gasteiger partial charge in [0.25, 0.3) is 0 Å². The Balaban J connectivity index is 1.39. The van der Waals surface area contributed by atoms with Crippen molar-refractivity contribution in [2.45, 2.75) is 44.9 Å². The molecule has 2 aromatic rings. The molecule has 0 spiro atoms. The van der Waals surface area contributed by atoms with E-state index in [1.165, 1.54) is 25.7 Å². The maximum absolute atomic E-state index is 11.9. The Morgan fingerprint density at radius 1 is 1.22 bits per heavy atom. The van der Waals surface area contributed by atoms with Gasteiger partial charge in [-0.2, -0.15) is 4.98 Å². The molecule has 1 fully saturated rings.